The van der Waals surface area contributed by atoms with Crippen LogP contribution in [-0.2, 0) is 0 Å². The fraction of sp³-hybridized carbons (Fsp3) is 0.118. The third-order valence-corrected chi connectivity index (χ3v) is 4.59. The van der Waals surface area contributed by atoms with Crippen LogP contribution in [0.5, 0.6) is 0 Å². The molecule has 2 aromatic heterocycles. The normalized spacial score (nSPS) is 10.7. The Hall–Kier alpha value is -2.31. The number of carbonyl (C=O) groups is 1. The van der Waals surface area contributed by atoms with E-state index in [-0.39, 0.29) is 11.1 Å². The molecule has 2 heterocycles. The molecular formula is C17H14ClN3O2S. The molecule has 1 N–H and O–H groups in total. The summed E-state index contributed by atoms with van der Waals surface area (Å²) in [5.41, 5.74) is 0.177. The number of halogens is 1. The average Bonchev–Trinajstić information content (AvgIpc) is 2.60. The van der Waals surface area contributed by atoms with Crippen LogP contribution < -0.4 is 10.9 Å². The summed E-state index contributed by atoms with van der Waals surface area (Å²) in [6.45, 7) is 0.447. The van der Waals surface area contributed by atoms with Crippen LogP contribution >= 0.6 is 23.4 Å². The van der Waals surface area contributed by atoms with E-state index in [0.717, 1.165) is 4.90 Å². The number of nitrogens with zero attached hydrogens (tertiary/aromatic N) is 2. The van der Waals surface area contributed by atoms with Crippen molar-refractivity contribution in [1.29, 1.82) is 0 Å². The summed E-state index contributed by atoms with van der Waals surface area (Å²) in [6.07, 6.45) is 2.91. The standard InChI is InChI=1S/C17H14ClN3O2S/c18-12-4-6-13(7-5-12)24-10-8-19-16(22)14-11-20-15-3-1-2-9-21(15)17(14)23/h1-7,9,11H,8,10H2,(H,19,22). The van der Waals surface area contributed by atoms with Crippen molar-refractivity contribution in [2.75, 3.05) is 12.3 Å². The van der Waals surface area contributed by atoms with Crippen LogP contribution in [0.15, 0.2) is 64.5 Å². The van der Waals surface area contributed by atoms with E-state index in [1.807, 2.05) is 24.3 Å². The minimum absolute atomic E-state index is 0.0372. The van der Waals surface area contributed by atoms with Gasteiger partial charge in [0.1, 0.15) is 11.2 Å². The zero-order chi connectivity index (χ0) is 16.9. The molecule has 7 heteroatoms. The molecule has 0 saturated carbocycles. The molecule has 0 bridgehead atoms. The summed E-state index contributed by atoms with van der Waals surface area (Å²) >= 11 is 7.44. The number of thioether (sulfide) groups is 1. The molecule has 1 amide bonds. The maximum absolute atomic E-state index is 12.3. The van der Waals surface area contributed by atoms with Crippen molar-refractivity contribution in [3.63, 3.8) is 0 Å². The lowest BCUT2D eigenvalue weighted by Crippen LogP contribution is -2.32. The van der Waals surface area contributed by atoms with Crippen LogP contribution in [0.3, 0.4) is 0 Å². The van der Waals surface area contributed by atoms with Gasteiger partial charge in [0.25, 0.3) is 11.5 Å². The molecule has 0 fully saturated rings. The van der Waals surface area contributed by atoms with Crippen LogP contribution in [0.1, 0.15) is 10.4 Å². The summed E-state index contributed by atoms with van der Waals surface area (Å²) in [4.78, 5) is 29.7. The van der Waals surface area contributed by atoms with E-state index >= 15 is 0 Å². The number of benzene rings is 1. The first kappa shape index (κ1) is 16.5. The fourth-order valence-electron chi connectivity index (χ4n) is 2.14. The molecule has 0 saturated heterocycles. The molecule has 3 aromatic rings. The van der Waals surface area contributed by atoms with E-state index < -0.39 is 5.91 Å². The zero-order valence-corrected chi connectivity index (χ0v) is 14.2. The second-order valence-electron chi connectivity index (χ2n) is 4.96. The molecule has 122 valence electrons. The van der Waals surface area contributed by atoms with Crippen molar-refractivity contribution in [2.45, 2.75) is 4.90 Å². The van der Waals surface area contributed by atoms with Crippen molar-refractivity contribution in [1.82, 2.24) is 14.7 Å². The number of amides is 1. The van der Waals surface area contributed by atoms with E-state index in [9.17, 15) is 9.59 Å². The van der Waals surface area contributed by atoms with E-state index in [0.29, 0.717) is 23.0 Å². The van der Waals surface area contributed by atoms with Crippen LogP contribution in [0, 0.1) is 0 Å². The number of fused-ring (bicyclic) bond motifs is 1. The number of hydrogen-bond acceptors (Lipinski definition) is 4. The Morgan fingerprint density at radius 1 is 1.21 bits per heavy atom. The number of aromatic nitrogens is 2. The highest BCUT2D eigenvalue weighted by Gasteiger charge is 2.12. The van der Waals surface area contributed by atoms with Gasteiger partial charge < -0.3 is 5.32 Å². The molecule has 0 unspecified atom stereocenters. The summed E-state index contributed by atoms with van der Waals surface area (Å²) in [6, 6.07) is 12.7. The lowest BCUT2D eigenvalue weighted by molar-refractivity contribution is 0.0954. The number of hydrogen-bond donors (Lipinski definition) is 1. The van der Waals surface area contributed by atoms with Crippen LogP contribution in [0.4, 0.5) is 0 Å². The molecule has 0 radical (unpaired) electrons. The smallest absolute Gasteiger partial charge is 0.270 e. The van der Waals surface area contributed by atoms with Crippen molar-refractivity contribution >= 4 is 34.9 Å². The van der Waals surface area contributed by atoms with Gasteiger partial charge in [0.15, 0.2) is 0 Å². The van der Waals surface area contributed by atoms with Gasteiger partial charge in [0.2, 0.25) is 0 Å². The second-order valence-corrected chi connectivity index (χ2v) is 6.57. The molecule has 3 rings (SSSR count). The summed E-state index contributed by atoms with van der Waals surface area (Å²) in [7, 11) is 0. The van der Waals surface area contributed by atoms with Crippen LogP contribution in [-0.4, -0.2) is 27.6 Å². The first-order valence-corrected chi connectivity index (χ1v) is 8.64. The molecule has 0 spiro atoms. The predicted octanol–water partition coefficient (Wildman–Crippen LogP) is 2.87. The minimum atomic E-state index is -0.414. The highest BCUT2D eigenvalue weighted by atomic mass is 35.5. The zero-order valence-electron chi connectivity index (χ0n) is 12.6. The maximum atomic E-state index is 12.3. The SMILES string of the molecule is O=C(NCCSc1ccc(Cl)cc1)c1cnc2ccccn2c1=O. The summed E-state index contributed by atoms with van der Waals surface area (Å²) in [5.74, 6) is 0.276. The first-order chi connectivity index (χ1) is 11.6. The molecule has 5 nitrogen and oxygen atoms in total. The van der Waals surface area contributed by atoms with Crippen molar-refractivity contribution in [2.24, 2.45) is 0 Å². The van der Waals surface area contributed by atoms with Gasteiger partial charge in [-0.05, 0) is 36.4 Å². The molecule has 0 aliphatic heterocycles. The van der Waals surface area contributed by atoms with Gasteiger partial charge in [-0.3, -0.25) is 14.0 Å². The Kier molecular flexibility index (Phi) is 5.17. The Morgan fingerprint density at radius 2 is 2.00 bits per heavy atom. The molecule has 24 heavy (non-hydrogen) atoms. The second kappa shape index (κ2) is 7.51. The predicted molar refractivity (Wildman–Crippen MR) is 96.0 cm³/mol. The van der Waals surface area contributed by atoms with Crippen molar-refractivity contribution in [3.8, 4) is 0 Å². The third kappa shape index (κ3) is 3.77. The molecule has 0 aliphatic rings. The third-order valence-electron chi connectivity index (χ3n) is 3.33. The summed E-state index contributed by atoms with van der Waals surface area (Å²) in [5, 5.41) is 3.44. The number of rotatable bonds is 5. The van der Waals surface area contributed by atoms with Gasteiger partial charge in [-0.25, -0.2) is 4.98 Å². The van der Waals surface area contributed by atoms with Crippen molar-refractivity contribution in [3.05, 3.63) is 75.8 Å². The summed E-state index contributed by atoms with van der Waals surface area (Å²) < 4.78 is 1.36. The lowest BCUT2D eigenvalue weighted by Gasteiger charge is -2.06. The van der Waals surface area contributed by atoms with Gasteiger partial charge in [-0.15, -0.1) is 11.8 Å². The Bertz CT molecular complexity index is 925. The molecule has 0 aliphatic carbocycles. The molecule has 0 atom stereocenters. The Labute approximate surface area is 147 Å². The number of carbonyl (C=O) groups excluding carboxylic acids is 1. The van der Waals surface area contributed by atoms with Gasteiger partial charge in [0.05, 0.1) is 0 Å². The van der Waals surface area contributed by atoms with E-state index in [4.69, 9.17) is 11.6 Å². The first-order valence-electron chi connectivity index (χ1n) is 7.28. The molecule has 1 aromatic carbocycles. The van der Waals surface area contributed by atoms with E-state index in [1.165, 1.54) is 10.6 Å². The van der Waals surface area contributed by atoms with Crippen LogP contribution in [0.2, 0.25) is 5.02 Å². The average molecular weight is 360 g/mol. The van der Waals surface area contributed by atoms with Gasteiger partial charge in [0, 0.05) is 34.6 Å². The van der Waals surface area contributed by atoms with Gasteiger partial charge >= 0.3 is 0 Å². The highest BCUT2D eigenvalue weighted by molar-refractivity contribution is 7.99. The molecular weight excluding hydrogens is 346 g/mol. The Morgan fingerprint density at radius 3 is 2.79 bits per heavy atom. The maximum Gasteiger partial charge on any atom is 0.270 e. The minimum Gasteiger partial charge on any atom is -0.351 e. The van der Waals surface area contributed by atoms with Gasteiger partial charge in [-0.1, -0.05) is 17.7 Å². The number of nitrogens with one attached hydrogen (secondary N) is 1. The Balaban J connectivity index is 1.60. The van der Waals surface area contributed by atoms with E-state index in [1.54, 1.807) is 36.2 Å². The quantitative estimate of drug-likeness (QED) is 0.562. The fourth-order valence-corrected chi connectivity index (χ4v) is 3.04. The lowest BCUT2D eigenvalue weighted by atomic mass is 10.3. The topological polar surface area (TPSA) is 63.5 Å². The monoisotopic (exact) mass is 359 g/mol. The number of pyridine rings is 1. The highest BCUT2D eigenvalue weighted by Crippen LogP contribution is 2.19. The van der Waals surface area contributed by atoms with E-state index in [2.05, 4.69) is 10.3 Å². The largest absolute Gasteiger partial charge is 0.351 e. The van der Waals surface area contributed by atoms with Crippen molar-refractivity contribution < 1.29 is 4.79 Å². The van der Waals surface area contributed by atoms with Gasteiger partial charge in [-0.2, -0.15) is 0 Å². The van der Waals surface area contributed by atoms with Crippen LogP contribution in [0.25, 0.3) is 5.65 Å².